The van der Waals surface area contributed by atoms with E-state index in [2.05, 4.69) is 31.5 Å². The zero-order valence-corrected chi connectivity index (χ0v) is 12.7. The summed E-state index contributed by atoms with van der Waals surface area (Å²) in [7, 11) is 1.73. The van der Waals surface area contributed by atoms with Gasteiger partial charge in [-0.25, -0.2) is 4.98 Å². The minimum Gasteiger partial charge on any atom is -0.385 e. The first-order valence-corrected chi connectivity index (χ1v) is 7.28. The predicted octanol–water partition coefficient (Wildman–Crippen LogP) is 3.96. The summed E-state index contributed by atoms with van der Waals surface area (Å²) in [5.74, 6) is 1.37. The Hall–Kier alpha value is -0.580. The summed E-state index contributed by atoms with van der Waals surface area (Å²) in [4.78, 5) is 4.56. The Kier molecular flexibility index (Phi) is 5.03. The van der Waals surface area contributed by atoms with Crippen molar-refractivity contribution in [1.29, 1.82) is 0 Å². The van der Waals surface area contributed by atoms with E-state index in [4.69, 9.17) is 16.3 Å². The Morgan fingerprint density at radius 2 is 2.22 bits per heavy atom. The first-order chi connectivity index (χ1) is 8.76. The molecule has 2 aromatic rings. The van der Waals surface area contributed by atoms with Crippen LogP contribution in [-0.4, -0.2) is 23.3 Å². The number of hydrogen-bond donors (Lipinski definition) is 0. The number of hydrogen-bond acceptors (Lipinski definition) is 2. The zero-order chi connectivity index (χ0) is 13.0. The van der Waals surface area contributed by atoms with Crippen LogP contribution in [0, 0.1) is 0 Å². The van der Waals surface area contributed by atoms with E-state index in [9.17, 15) is 0 Å². The standard InChI is InChI=1S/C13H16BrClN2O/c1-18-7-3-2-6-17-12-5-4-10(14)8-11(12)16-13(17)9-15/h4-5,8H,2-3,6-7,9H2,1H3. The molecule has 0 bridgehead atoms. The van der Waals surface area contributed by atoms with Gasteiger partial charge in [0.2, 0.25) is 0 Å². The van der Waals surface area contributed by atoms with Crippen molar-refractivity contribution in [3.63, 3.8) is 0 Å². The molecule has 1 aromatic heterocycles. The second kappa shape index (κ2) is 6.55. The summed E-state index contributed by atoms with van der Waals surface area (Å²) < 4.78 is 8.30. The molecule has 1 aromatic carbocycles. The molecule has 0 spiro atoms. The molecule has 0 amide bonds. The van der Waals surface area contributed by atoms with E-state index in [0.717, 1.165) is 47.3 Å². The van der Waals surface area contributed by atoms with Gasteiger partial charge < -0.3 is 9.30 Å². The fourth-order valence-corrected chi connectivity index (χ4v) is 2.57. The van der Waals surface area contributed by atoms with Crippen molar-refractivity contribution < 1.29 is 4.74 Å². The predicted molar refractivity (Wildman–Crippen MR) is 78.1 cm³/mol. The van der Waals surface area contributed by atoms with Gasteiger partial charge in [-0.15, -0.1) is 11.6 Å². The van der Waals surface area contributed by atoms with Gasteiger partial charge in [-0.2, -0.15) is 0 Å². The number of benzene rings is 1. The molecule has 1 heterocycles. The molecule has 18 heavy (non-hydrogen) atoms. The molecule has 0 atom stereocenters. The van der Waals surface area contributed by atoms with Crippen LogP contribution in [0.25, 0.3) is 11.0 Å². The first kappa shape index (κ1) is 13.8. The molecule has 0 aliphatic heterocycles. The van der Waals surface area contributed by atoms with Crippen molar-refractivity contribution in [3.8, 4) is 0 Å². The van der Waals surface area contributed by atoms with Gasteiger partial charge in [0, 0.05) is 24.7 Å². The number of ether oxygens (including phenoxy) is 1. The summed E-state index contributed by atoms with van der Waals surface area (Å²) in [6, 6.07) is 6.14. The molecule has 0 unspecified atom stereocenters. The third kappa shape index (κ3) is 3.05. The number of aryl methyl sites for hydroxylation is 1. The number of unbranched alkanes of at least 4 members (excludes halogenated alkanes) is 1. The Bertz CT molecular complexity index is 527. The number of rotatable bonds is 6. The minimum atomic E-state index is 0.441. The molecule has 0 N–H and O–H groups in total. The molecular weight excluding hydrogens is 316 g/mol. The number of nitrogens with zero attached hydrogens (tertiary/aromatic N) is 2. The monoisotopic (exact) mass is 330 g/mol. The molecule has 0 aliphatic carbocycles. The molecule has 98 valence electrons. The maximum atomic E-state index is 5.96. The average molecular weight is 332 g/mol. The van der Waals surface area contributed by atoms with Crippen LogP contribution in [0.4, 0.5) is 0 Å². The highest BCUT2D eigenvalue weighted by Crippen LogP contribution is 2.22. The van der Waals surface area contributed by atoms with E-state index < -0.39 is 0 Å². The number of aromatic nitrogens is 2. The van der Waals surface area contributed by atoms with E-state index in [1.54, 1.807) is 7.11 Å². The summed E-state index contributed by atoms with van der Waals surface area (Å²) in [6.07, 6.45) is 2.12. The maximum absolute atomic E-state index is 5.96. The Morgan fingerprint density at radius 3 is 2.94 bits per heavy atom. The molecule has 3 nitrogen and oxygen atoms in total. The zero-order valence-electron chi connectivity index (χ0n) is 10.3. The number of methoxy groups -OCH3 is 1. The molecule has 2 rings (SSSR count). The topological polar surface area (TPSA) is 27.1 Å². The van der Waals surface area contributed by atoms with Gasteiger partial charge >= 0.3 is 0 Å². The molecular formula is C13H16BrClN2O. The SMILES string of the molecule is COCCCCn1c(CCl)nc2cc(Br)ccc21. The smallest absolute Gasteiger partial charge is 0.124 e. The molecule has 0 fully saturated rings. The van der Waals surface area contributed by atoms with Gasteiger partial charge in [0.25, 0.3) is 0 Å². The van der Waals surface area contributed by atoms with Gasteiger partial charge in [0.05, 0.1) is 16.9 Å². The van der Waals surface area contributed by atoms with Crippen molar-refractivity contribution in [1.82, 2.24) is 9.55 Å². The van der Waals surface area contributed by atoms with E-state index in [1.807, 2.05) is 12.1 Å². The van der Waals surface area contributed by atoms with Crippen LogP contribution in [0.1, 0.15) is 18.7 Å². The molecule has 0 saturated carbocycles. The van der Waals surface area contributed by atoms with Crippen molar-refractivity contribution in [3.05, 3.63) is 28.5 Å². The lowest BCUT2D eigenvalue weighted by atomic mass is 10.3. The lowest BCUT2D eigenvalue weighted by Gasteiger charge is -2.07. The number of imidazole rings is 1. The largest absolute Gasteiger partial charge is 0.385 e. The highest BCUT2D eigenvalue weighted by atomic mass is 79.9. The molecule has 5 heteroatoms. The molecule has 0 saturated heterocycles. The first-order valence-electron chi connectivity index (χ1n) is 5.96. The summed E-state index contributed by atoms with van der Waals surface area (Å²) >= 11 is 9.43. The van der Waals surface area contributed by atoms with Gasteiger partial charge in [0.1, 0.15) is 5.82 Å². The lowest BCUT2D eigenvalue weighted by Crippen LogP contribution is -2.03. The van der Waals surface area contributed by atoms with Gasteiger partial charge in [-0.05, 0) is 31.0 Å². The Morgan fingerprint density at radius 1 is 1.39 bits per heavy atom. The maximum Gasteiger partial charge on any atom is 0.124 e. The third-order valence-corrected chi connectivity index (χ3v) is 3.62. The fraction of sp³-hybridized carbons (Fsp3) is 0.462. The lowest BCUT2D eigenvalue weighted by molar-refractivity contribution is 0.191. The van der Waals surface area contributed by atoms with Crippen LogP contribution in [-0.2, 0) is 17.2 Å². The number of alkyl halides is 1. The highest BCUT2D eigenvalue weighted by molar-refractivity contribution is 9.10. The fourth-order valence-electron chi connectivity index (χ4n) is 2.02. The van der Waals surface area contributed by atoms with E-state index in [-0.39, 0.29) is 0 Å². The van der Waals surface area contributed by atoms with Crippen LogP contribution in [0.15, 0.2) is 22.7 Å². The van der Waals surface area contributed by atoms with E-state index >= 15 is 0 Å². The van der Waals surface area contributed by atoms with E-state index in [1.165, 1.54) is 0 Å². The second-order valence-electron chi connectivity index (χ2n) is 4.15. The quantitative estimate of drug-likeness (QED) is 0.591. The van der Waals surface area contributed by atoms with Crippen molar-refractivity contribution in [2.75, 3.05) is 13.7 Å². The highest BCUT2D eigenvalue weighted by Gasteiger charge is 2.09. The number of halogens is 2. The van der Waals surface area contributed by atoms with Crippen LogP contribution in [0.2, 0.25) is 0 Å². The van der Waals surface area contributed by atoms with E-state index in [0.29, 0.717) is 5.88 Å². The van der Waals surface area contributed by atoms with Crippen molar-refractivity contribution in [2.24, 2.45) is 0 Å². The summed E-state index contributed by atoms with van der Waals surface area (Å²) in [5.41, 5.74) is 2.14. The van der Waals surface area contributed by atoms with Crippen LogP contribution < -0.4 is 0 Å². The summed E-state index contributed by atoms with van der Waals surface area (Å²) in [6.45, 7) is 1.73. The van der Waals surface area contributed by atoms with Crippen LogP contribution in [0.3, 0.4) is 0 Å². The second-order valence-corrected chi connectivity index (χ2v) is 5.33. The Labute approximate surface area is 120 Å². The van der Waals surface area contributed by atoms with Gasteiger partial charge in [0.15, 0.2) is 0 Å². The van der Waals surface area contributed by atoms with Crippen molar-refractivity contribution in [2.45, 2.75) is 25.3 Å². The van der Waals surface area contributed by atoms with Gasteiger partial charge in [-0.3, -0.25) is 0 Å². The van der Waals surface area contributed by atoms with Crippen LogP contribution in [0.5, 0.6) is 0 Å². The average Bonchev–Trinajstić information content (AvgIpc) is 2.71. The molecule has 0 radical (unpaired) electrons. The van der Waals surface area contributed by atoms with Crippen LogP contribution >= 0.6 is 27.5 Å². The summed E-state index contributed by atoms with van der Waals surface area (Å²) in [5, 5.41) is 0. The Balaban J connectivity index is 2.23. The minimum absolute atomic E-state index is 0.441. The van der Waals surface area contributed by atoms with Gasteiger partial charge in [-0.1, -0.05) is 15.9 Å². The normalized spacial score (nSPS) is 11.3. The molecule has 0 aliphatic rings. The third-order valence-electron chi connectivity index (χ3n) is 2.89. The number of fused-ring (bicyclic) bond motifs is 1. The van der Waals surface area contributed by atoms with Crippen molar-refractivity contribution >= 4 is 38.6 Å².